The summed E-state index contributed by atoms with van der Waals surface area (Å²) in [6.45, 7) is 6.95. The molecular weight excluding hydrogens is 496 g/mol. The fraction of sp³-hybridized carbons (Fsp3) is 0.0769. The Morgan fingerprint density at radius 3 is 1.88 bits per heavy atom. The second kappa shape index (κ2) is 8.97. The zero-order valence-corrected chi connectivity index (χ0v) is 23.0. The zero-order valence-electron chi connectivity index (χ0n) is 23.0. The van der Waals surface area contributed by atoms with Crippen molar-refractivity contribution in [2.24, 2.45) is 11.8 Å². The molecule has 2 atom stereocenters. The highest BCUT2D eigenvalue weighted by atomic mass is 15.2. The lowest BCUT2D eigenvalue weighted by Gasteiger charge is -2.35. The number of nitrogens with two attached hydrogens (primary N) is 1. The molecule has 0 radical (unpaired) electrons. The van der Waals surface area contributed by atoms with Crippen molar-refractivity contribution in [1.29, 1.82) is 0 Å². The maximum absolute atomic E-state index is 6.66. The van der Waals surface area contributed by atoms with Crippen LogP contribution in [0.1, 0.15) is 6.92 Å². The third-order valence-corrected chi connectivity index (χ3v) is 8.99. The molecule has 41 heavy (non-hydrogen) atoms. The van der Waals surface area contributed by atoms with Gasteiger partial charge in [0.05, 0.1) is 17.1 Å². The maximum atomic E-state index is 6.66. The van der Waals surface area contributed by atoms with Crippen LogP contribution in [0.25, 0.3) is 54.6 Å². The number of benzene rings is 6. The molecule has 0 heterocycles. The van der Waals surface area contributed by atoms with Crippen LogP contribution in [-0.2, 0) is 0 Å². The van der Waals surface area contributed by atoms with Crippen LogP contribution < -0.4 is 10.6 Å². The van der Waals surface area contributed by atoms with Crippen molar-refractivity contribution in [3.8, 4) is 22.3 Å². The third kappa shape index (κ3) is 3.37. The molecule has 0 fully saturated rings. The maximum Gasteiger partial charge on any atom is 0.0688 e. The molecule has 0 amide bonds. The largest absolute Gasteiger partial charge is 0.397 e. The van der Waals surface area contributed by atoms with E-state index in [4.69, 9.17) is 12.3 Å². The minimum atomic E-state index is 0.160. The SMILES string of the molecule is C=C(C1C=CC=CC1C)N(c1ccccc1N)c1ccc2c3c(cccc13)-c1c-2c2ccccc2c2ccccc12. The van der Waals surface area contributed by atoms with E-state index in [0.29, 0.717) is 5.92 Å². The van der Waals surface area contributed by atoms with Crippen LogP contribution in [0.4, 0.5) is 17.1 Å². The van der Waals surface area contributed by atoms with Crippen LogP contribution in [0.5, 0.6) is 0 Å². The molecule has 196 valence electrons. The predicted octanol–water partition coefficient (Wildman–Crippen LogP) is 10.4. The average Bonchev–Trinajstić information content (AvgIpc) is 3.35. The Hall–Kier alpha value is -5.08. The van der Waals surface area contributed by atoms with Gasteiger partial charge in [0.25, 0.3) is 0 Å². The summed E-state index contributed by atoms with van der Waals surface area (Å²) >= 11 is 0. The third-order valence-electron chi connectivity index (χ3n) is 8.99. The normalized spacial score (nSPS) is 16.9. The Bertz CT molecular complexity index is 2040. The van der Waals surface area contributed by atoms with Gasteiger partial charge in [0, 0.05) is 17.0 Å². The van der Waals surface area contributed by atoms with Crippen LogP contribution in [-0.4, -0.2) is 0 Å². The van der Waals surface area contributed by atoms with E-state index >= 15 is 0 Å². The topological polar surface area (TPSA) is 29.3 Å². The summed E-state index contributed by atoms with van der Waals surface area (Å²) in [5.41, 5.74) is 15.7. The number of para-hydroxylation sites is 2. The monoisotopic (exact) mass is 526 g/mol. The van der Waals surface area contributed by atoms with Gasteiger partial charge in [-0.2, -0.15) is 0 Å². The molecule has 6 aromatic rings. The van der Waals surface area contributed by atoms with E-state index in [1.165, 1.54) is 54.6 Å². The number of hydrogen-bond donors (Lipinski definition) is 1. The summed E-state index contributed by atoms with van der Waals surface area (Å²) in [5, 5.41) is 7.69. The van der Waals surface area contributed by atoms with Crippen LogP contribution in [0, 0.1) is 11.8 Å². The molecule has 6 aromatic carbocycles. The Morgan fingerprint density at radius 1 is 0.610 bits per heavy atom. The Labute approximate surface area is 240 Å². The van der Waals surface area contributed by atoms with Gasteiger partial charge in [-0.1, -0.05) is 123 Å². The molecule has 0 bridgehead atoms. The highest BCUT2D eigenvalue weighted by Gasteiger charge is 2.30. The predicted molar refractivity (Wildman–Crippen MR) is 176 cm³/mol. The highest BCUT2D eigenvalue weighted by molar-refractivity contribution is 6.31. The molecule has 0 saturated carbocycles. The Kier molecular flexibility index (Phi) is 5.20. The van der Waals surface area contributed by atoms with Crippen LogP contribution in [0.3, 0.4) is 0 Å². The smallest absolute Gasteiger partial charge is 0.0688 e. The highest BCUT2D eigenvalue weighted by Crippen LogP contribution is 2.55. The molecule has 2 unspecified atom stereocenters. The summed E-state index contributed by atoms with van der Waals surface area (Å²) < 4.78 is 0. The molecule has 0 aromatic heterocycles. The van der Waals surface area contributed by atoms with Gasteiger partial charge in [-0.05, 0) is 73.3 Å². The van der Waals surface area contributed by atoms with Gasteiger partial charge in [0.2, 0.25) is 0 Å². The van der Waals surface area contributed by atoms with E-state index in [2.05, 4.69) is 127 Å². The minimum absolute atomic E-state index is 0.160. The van der Waals surface area contributed by atoms with Crippen molar-refractivity contribution >= 4 is 49.4 Å². The van der Waals surface area contributed by atoms with E-state index < -0.39 is 0 Å². The molecule has 0 aliphatic heterocycles. The number of allylic oxidation sites excluding steroid dienone is 4. The first-order chi connectivity index (χ1) is 20.1. The van der Waals surface area contributed by atoms with Crippen molar-refractivity contribution in [3.05, 3.63) is 140 Å². The fourth-order valence-corrected chi connectivity index (χ4v) is 7.12. The van der Waals surface area contributed by atoms with E-state index in [1.54, 1.807) is 0 Å². The van der Waals surface area contributed by atoms with Gasteiger partial charge in [0.15, 0.2) is 0 Å². The van der Waals surface area contributed by atoms with Gasteiger partial charge in [-0.25, -0.2) is 0 Å². The summed E-state index contributed by atoms with van der Waals surface area (Å²) in [7, 11) is 0. The number of nitrogen functional groups attached to an aromatic ring is 1. The van der Waals surface area contributed by atoms with Crippen molar-refractivity contribution in [2.75, 3.05) is 10.6 Å². The first-order valence-corrected chi connectivity index (χ1v) is 14.3. The summed E-state index contributed by atoms with van der Waals surface area (Å²) in [5.74, 6) is 0.492. The number of anilines is 3. The van der Waals surface area contributed by atoms with E-state index in [1.807, 2.05) is 12.1 Å². The quantitative estimate of drug-likeness (QED) is 0.183. The number of fused-ring (bicyclic) bond motifs is 8. The second-order valence-electron chi connectivity index (χ2n) is 11.2. The first-order valence-electron chi connectivity index (χ1n) is 14.3. The summed E-state index contributed by atoms with van der Waals surface area (Å²) in [6.07, 6.45) is 8.76. The molecule has 8 rings (SSSR count). The lowest BCUT2D eigenvalue weighted by Crippen LogP contribution is -2.26. The second-order valence-corrected chi connectivity index (χ2v) is 11.2. The number of rotatable bonds is 4. The van der Waals surface area contributed by atoms with E-state index in [9.17, 15) is 0 Å². The minimum Gasteiger partial charge on any atom is -0.397 e. The average molecular weight is 527 g/mol. The molecule has 2 aliphatic carbocycles. The number of nitrogens with zero attached hydrogens (tertiary/aromatic N) is 1. The molecule has 2 aliphatic rings. The standard InChI is InChI=1S/C39H30N2/c1-24-12-3-4-13-26(24)25(2)41(36-21-10-9-20-34(36)40)35-23-22-33-37-31(35)18-11-19-32(37)38-29-16-7-5-14-27(29)28-15-6-8-17-30(28)39(33)38/h3-24,26H,2,40H2,1H3. The van der Waals surface area contributed by atoms with Gasteiger partial charge in [0.1, 0.15) is 0 Å². The van der Waals surface area contributed by atoms with Crippen LogP contribution in [0.2, 0.25) is 0 Å². The molecule has 2 heteroatoms. The molecule has 2 N–H and O–H groups in total. The molecule has 0 saturated heterocycles. The summed E-state index contributed by atoms with van der Waals surface area (Å²) in [4.78, 5) is 2.29. The van der Waals surface area contributed by atoms with E-state index in [0.717, 1.165) is 22.8 Å². The van der Waals surface area contributed by atoms with Crippen LogP contribution in [0.15, 0.2) is 140 Å². The van der Waals surface area contributed by atoms with Crippen molar-refractivity contribution < 1.29 is 0 Å². The van der Waals surface area contributed by atoms with Crippen molar-refractivity contribution in [3.63, 3.8) is 0 Å². The van der Waals surface area contributed by atoms with Gasteiger partial charge < -0.3 is 10.6 Å². The Morgan fingerprint density at radius 2 is 1.20 bits per heavy atom. The van der Waals surface area contributed by atoms with E-state index in [-0.39, 0.29) is 5.92 Å². The lowest BCUT2D eigenvalue weighted by atomic mass is 9.86. The van der Waals surface area contributed by atoms with Gasteiger partial charge in [-0.15, -0.1) is 0 Å². The Balaban J connectivity index is 1.44. The fourth-order valence-electron chi connectivity index (χ4n) is 7.12. The van der Waals surface area contributed by atoms with Crippen molar-refractivity contribution in [1.82, 2.24) is 0 Å². The van der Waals surface area contributed by atoms with Crippen LogP contribution >= 0.6 is 0 Å². The lowest BCUT2D eigenvalue weighted by molar-refractivity contribution is 0.570. The zero-order chi connectivity index (χ0) is 27.7. The molecular formula is C39H30N2. The molecule has 2 nitrogen and oxygen atoms in total. The number of hydrogen-bond acceptors (Lipinski definition) is 2. The first kappa shape index (κ1) is 23.8. The summed E-state index contributed by atoms with van der Waals surface area (Å²) in [6, 6.07) is 37.1. The van der Waals surface area contributed by atoms with Gasteiger partial charge >= 0.3 is 0 Å². The van der Waals surface area contributed by atoms with Crippen molar-refractivity contribution in [2.45, 2.75) is 6.92 Å². The molecule has 0 spiro atoms. The van der Waals surface area contributed by atoms with Gasteiger partial charge in [-0.3, -0.25) is 0 Å².